The first-order valence-electron chi connectivity index (χ1n) is 11.3. The number of rotatable bonds is 8. The highest BCUT2D eigenvalue weighted by Gasteiger charge is 2.56. The molecule has 1 saturated heterocycles. The monoisotopic (exact) mass is 451 g/mol. The molecule has 0 radical (unpaired) electrons. The van der Waals surface area contributed by atoms with Crippen LogP contribution in [0.25, 0.3) is 0 Å². The molecule has 1 aliphatic heterocycles. The van der Waals surface area contributed by atoms with Crippen molar-refractivity contribution in [2.75, 3.05) is 6.54 Å². The van der Waals surface area contributed by atoms with Gasteiger partial charge in [-0.2, -0.15) is 0 Å². The second-order valence-corrected chi connectivity index (χ2v) is 9.28. The van der Waals surface area contributed by atoms with E-state index in [1.54, 1.807) is 12.1 Å². The van der Waals surface area contributed by atoms with Crippen molar-refractivity contribution in [3.63, 3.8) is 0 Å². The maximum atomic E-state index is 12.9. The van der Waals surface area contributed by atoms with Crippen LogP contribution in [0.15, 0.2) is 48.5 Å². The van der Waals surface area contributed by atoms with E-state index in [4.69, 9.17) is 4.74 Å². The maximum Gasteiger partial charge on any atom is 0.411 e. The van der Waals surface area contributed by atoms with Gasteiger partial charge >= 0.3 is 6.09 Å². The predicted molar refractivity (Wildman–Crippen MR) is 123 cm³/mol. The van der Waals surface area contributed by atoms with Gasteiger partial charge in [0.1, 0.15) is 6.10 Å². The molecule has 2 aromatic carbocycles. The van der Waals surface area contributed by atoms with E-state index in [2.05, 4.69) is 37.4 Å². The van der Waals surface area contributed by atoms with E-state index in [0.717, 1.165) is 24.0 Å². The number of ether oxygens (including phenoxy) is 1. The highest BCUT2D eigenvalue weighted by Crippen LogP contribution is 2.53. The van der Waals surface area contributed by atoms with Crippen molar-refractivity contribution in [3.05, 3.63) is 75.3 Å². The zero-order chi connectivity index (χ0) is 23.8. The molecule has 2 aromatic rings. The Kier molecular flexibility index (Phi) is 6.10. The van der Waals surface area contributed by atoms with Gasteiger partial charge in [-0.25, -0.2) is 4.79 Å². The molecule has 4 rings (SSSR count). The minimum absolute atomic E-state index is 0.00704. The SMILES string of the molecule is CC(=O)NC(Cc1ccc([N+](=O)[O-])cc1)C1CN(C2(c3cccc(C(C)C)c3)CC2)C(=O)O1. The summed E-state index contributed by atoms with van der Waals surface area (Å²) in [6.07, 6.45) is 1.28. The number of carbonyl (C=O) groups excluding carboxylic acids is 2. The van der Waals surface area contributed by atoms with Crippen LogP contribution < -0.4 is 5.32 Å². The lowest BCUT2D eigenvalue weighted by Gasteiger charge is -2.28. The van der Waals surface area contributed by atoms with Gasteiger partial charge < -0.3 is 10.1 Å². The van der Waals surface area contributed by atoms with Gasteiger partial charge in [0.15, 0.2) is 0 Å². The second kappa shape index (κ2) is 8.84. The average molecular weight is 452 g/mol. The van der Waals surface area contributed by atoms with E-state index in [1.165, 1.54) is 24.6 Å². The van der Waals surface area contributed by atoms with Gasteiger partial charge in [-0.3, -0.25) is 19.8 Å². The van der Waals surface area contributed by atoms with Gasteiger partial charge in [0, 0.05) is 19.1 Å². The lowest BCUT2D eigenvalue weighted by atomic mass is 9.95. The Morgan fingerprint density at radius 2 is 1.94 bits per heavy atom. The van der Waals surface area contributed by atoms with Crippen molar-refractivity contribution < 1.29 is 19.2 Å². The number of hydrogen-bond acceptors (Lipinski definition) is 5. The van der Waals surface area contributed by atoms with Crippen molar-refractivity contribution in [2.24, 2.45) is 0 Å². The van der Waals surface area contributed by atoms with Crippen LogP contribution in [0.4, 0.5) is 10.5 Å². The molecule has 33 heavy (non-hydrogen) atoms. The topological polar surface area (TPSA) is 102 Å². The molecule has 0 bridgehead atoms. The van der Waals surface area contributed by atoms with Gasteiger partial charge in [0.05, 0.1) is 23.0 Å². The number of nitro benzene ring substituents is 1. The minimum atomic E-state index is -0.512. The standard InChI is InChI=1S/C25H29N3O5/c1-16(2)19-5-4-6-20(14-19)25(11-12-25)27-15-23(33-24(27)30)22(26-17(3)29)13-18-7-9-21(10-8-18)28(31)32/h4-10,14,16,22-23H,11-13,15H2,1-3H3,(H,26,29). The third-order valence-electron chi connectivity index (χ3n) is 6.61. The van der Waals surface area contributed by atoms with Crippen molar-refractivity contribution in [1.82, 2.24) is 10.2 Å². The second-order valence-electron chi connectivity index (χ2n) is 9.28. The summed E-state index contributed by atoms with van der Waals surface area (Å²) in [6.45, 7) is 6.10. The molecule has 2 unspecified atom stereocenters. The Hall–Kier alpha value is -3.42. The number of carbonyl (C=O) groups is 2. The smallest absolute Gasteiger partial charge is 0.411 e. The Bertz CT molecular complexity index is 1060. The van der Waals surface area contributed by atoms with Gasteiger partial charge in [-0.05, 0) is 41.9 Å². The fraction of sp³-hybridized carbons (Fsp3) is 0.440. The summed E-state index contributed by atoms with van der Waals surface area (Å²) in [5.41, 5.74) is 2.83. The number of benzene rings is 2. The van der Waals surface area contributed by atoms with Gasteiger partial charge in [0.2, 0.25) is 5.91 Å². The van der Waals surface area contributed by atoms with Crippen molar-refractivity contribution in [1.29, 1.82) is 0 Å². The summed E-state index contributed by atoms with van der Waals surface area (Å²) in [6, 6.07) is 14.2. The number of non-ortho nitro benzene ring substituents is 1. The molecule has 8 nitrogen and oxygen atoms in total. The number of nitro groups is 1. The predicted octanol–water partition coefficient (Wildman–Crippen LogP) is 4.28. The number of nitrogens with zero attached hydrogens (tertiary/aromatic N) is 2. The summed E-state index contributed by atoms with van der Waals surface area (Å²) in [5.74, 6) is 0.173. The van der Waals surface area contributed by atoms with Crippen LogP contribution in [0, 0.1) is 10.1 Å². The van der Waals surface area contributed by atoms with Crippen LogP contribution in [0.2, 0.25) is 0 Å². The van der Waals surface area contributed by atoms with Crippen molar-refractivity contribution in [2.45, 2.75) is 63.6 Å². The Morgan fingerprint density at radius 3 is 2.52 bits per heavy atom. The normalized spacial score (nSPS) is 19.8. The zero-order valence-corrected chi connectivity index (χ0v) is 19.1. The van der Waals surface area contributed by atoms with Crippen LogP contribution >= 0.6 is 0 Å². The van der Waals surface area contributed by atoms with Gasteiger partial charge in [-0.15, -0.1) is 0 Å². The lowest BCUT2D eigenvalue weighted by molar-refractivity contribution is -0.384. The first-order valence-corrected chi connectivity index (χ1v) is 11.3. The Morgan fingerprint density at radius 1 is 1.24 bits per heavy atom. The van der Waals surface area contributed by atoms with Crippen LogP contribution in [-0.2, 0) is 21.5 Å². The Balaban J connectivity index is 1.53. The number of amides is 2. The molecule has 0 spiro atoms. The Labute approximate surface area is 193 Å². The van der Waals surface area contributed by atoms with E-state index < -0.39 is 17.1 Å². The van der Waals surface area contributed by atoms with E-state index >= 15 is 0 Å². The zero-order valence-electron chi connectivity index (χ0n) is 19.1. The summed E-state index contributed by atoms with van der Waals surface area (Å²) >= 11 is 0. The number of hydrogen-bond donors (Lipinski definition) is 1. The summed E-state index contributed by atoms with van der Waals surface area (Å²) in [5, 5.41) is 13.8. The van der Waals surface area contributed by atoms with Gasteiger partial charge in [-0.1, -0.05) is 50.2 Å². The number of nitrogens with one attached hydrogen (secondary N) is 1. The largest absolute Gasteiger partial charge is 0.442 e. The summed E-state index contributed by atoms with van der Waals surface area (Å²) in [4.78, 5) is 37.1. The number of cyclic esters (lactones) is 1. The average Bonchev–Trinajstić information content (AvgIpc) is 3.49. The first kappa shape index (κ1) is 22.8. The molecule has 1 saturated carbocycles. The molecule has 0 aromatic heterocycles. The van der Waals surface area contributed by atoms with Gasteiger partial charge in [0.25, 0.3) is 5.69 Å². The fourth-order valence-corrected chi connectivity index (χ4v) is 4.61. The third kappa shape index (κ3) is 4.69. The molecular weight excluding hydrogens is 422 g/mol. The molecular formula is C25H29N3O5. The summed E-state index contributed by atoms with van der Waals surface area (Å²) < 4.78 is 5.76. The molecule has 1 aliphatic carbocycles. The van der Waals surface area contributed by atoms with Crippen LogP contribution in [0.1, 0.15) is 56.2 Å². The molecule has 1 N–H and O–H groups in total. The lowest BCUT2D eigenvalue weighted by Crippen LogP contribution is -2.46. The quantitative estimate of drug-likeness (QED) is 0.477. The third-order valence-corrected chi connectivity index (χ3v) is 6.61. The minimum Gasteiger partial charge on any atom is -0.442 e. The molecule has 1 heterocycles. The van der Waals surface area contributed by atoms with E-state index in [9.17, 15) is 19.7 Å². The molecule has 2 fully saturated rings. The molecule has 8 heteroatoms. The maximum absolute atomic E-state index is 12.9. The van der Waals surface area contributed by atoms with E-state index in [1.807, 2.05) is 11.0 Å². The van der Waals surface area contributed by atoms with Crippen LogP contribution in [0.3, 0.4) is 0 Å². The molecule has 2 aliphatic rings. The van der Waals surface area contributed by atoms with Crippen molar-refractivity contribution in [3.8, 4) is 0 Å². The fourth-order valence-electron chi connectivity index (χ4n) is 4.61. The molecule has 2 atom stereocenters. The van der Waals surface area contributed by atoms with Crippen LogP contribution in [0.5, 0.6) is 0 Å². The van der Waals surface area contributed by atoms with Crippen molar-refractivity contribution >= 4 is 17.7 Å². The first-order chi connectivity index (χ1) is 15.7. The molecule has 2 amide bonds. The highest BCUT2D eigenvalue weighted by molar-refractivity contribution is 5.75. The van der Waals surface area contributed by atoms with E-state index in [-0.39, 0.29) is 23.2 Å². The van der Waals surface area contributed by atoms with E-state index in [0.29, 0.717) is 18.9 Å². The molecule has 174 valence electrons. The summed E-state index contributed by atoms with van der Waals surface area (Å²) in [7, 11) is 0. The highest BCUT2D eigenvalue weighted by atomic mass is 16.6. The van der Waals surface area contributed by atoms with Crippen LogP contribution in [-0.4, -0.2) is 40.5 Å².